The molecule has 3 heterocycles. The molecule has 0 bridgehead atoms. The molecule has 1 aromatic carbocycles. The Bertz CT molecular complexity index is 923. The molecule has 3 aromatic rings. The molecule has 126 valence electrons. The van der Waals surface area contributed by atoms with E-state index in [0.717, 1.165) is 16.0 Å². The van der Waals surface area contributed by atoms with Gasteiger partial charge in [0.05, 0.1) is 0 Å². The van der Waals surface area contributed by atoms with Gasteiger partial charge < -0.3 is 9.84 Å². The number of carbonyl (C=O) groups excluding carboxylic acids is 2. The Morgan fingerprint density at radius 3 is 2.76 bits per heavy atom. The van der Waals surface area contributed by atoms with Crippen LogP contribution in [0.4, 0.5) is 4.79 Å². The van der Waals surface area contributed by atoms with E-state index in [9.17, 15) is 9.59 Å². The molecule has 8 heteroatoms. The fourth-order valence-electron chi connectivity index (χ4n) is 2.77. The van der Waals surface area contributed by atoms with E-state index in [4.69, 9.17) is 4.52 Å². The molecule has 3 amide bonds. The molecule has 0 spiro atoms. The minimum absolute atomic E-state index is 0.0653. The van der Waals surface area contributed by atoms with Crippen LogP contribution in [0.3, 0.4) is 0 Å². The van der Waals surface area contributed by atoms with Gasteiger partial charge in [-0.2, -0.15) is 16.3 Å². The molecular formula is C17H14N4O3S. The molecule has 25 heavy (non-hydrogen) atoms. The molecule has 2 aromatic heterocycles. The lowest BCUT2D eigenvalue weighted by molar-refractivity contribution is -0.131. The zero-order valence-electron chi connectivity index (χ0n) is 13.3. The fourth-order valence-corrected chi connectivity index (χ4v) is 3.41. The van der Waals surface area contributed by atoms with Gasteiger partial charge in [-0.15, -0.1) is 0 Å². The Morgan fingerprint density at radius 2 is 2.04 bits per heavy atom. The summed E-state index contributed by atoms with van der Waals surface area (Å²) < 4.78 is 5.19. The van der Waals surface area contributed by atoms with E-state index < -0.39 is 11.6 Å². The Balaban J connectivity index is 1.57. The maximum atomic E-state index is 12.8. The van der Waals surface area contributed by atoms with Gasteiger partial charge in [-0.1, -0.05) is 35.5 Å². The van der Waals surface area contributed by atoms with E-state index in [1.54, 1.807) is 6.92 Å². The first-order valence-corrected chi connectivity index (χ1v) is 8.57. The minimum Gasteiger partial charge on any atom is -0.337 e. The lowest BCUT2D eigenvalue weighted by Gasteiger charge is -2.21. The molecule has 1 fully saturated rings. The van der Waals surface area contributed by atoms with Crippen LogP contribution in [0.2, 0.25) is 0 Å². The maximum absolute atomic E-state index is 12.8. The Hall–Kier alpha value is -3.00. The quantitative estimate of drug-likeness (QED) is 0.728. The van der Waals surface area contributed by atoms with Crippen LogP contribution in [0.5, 0.6) is 0 Å². The largest absolute Gasteiger partial charge is 0.337 e. The monoisotopic (exact) mass is 354 g/mol. The smallest absolute Gasteiger partial charge is 0.325 e. The molecular weight excluding hydrogens is 340 g/mol. The number of urea groups is 1. The van der Waals surface area contributed by atoms with Crippen LogP contribution in [0, 0.1) is 0 Å². The standard InChI is InChI=1S/C17H14N4O3S/c1-17(12-5-3-2-4-6-12)15(22)21(16(23)19-17)9-13-18-14(20-24-13)11-7-8-25-10-11/h2-8,10H,9H2,1H3,(H,19,23)/t17-/m1/s1. The van der Waals surface area contributed by atoms with E-state index in [-0.39, 0.29) is 18.3 Å². The van der Waals surface area contributed by atoms with Gasteiger partial charge >= 0.3 is 6.03 Å². The highest BCUT2D eigenvalue weighted by atomic mass is 32.1. The second-order valence-electron chi connectivity index (χ2n) is 5.84. The van der Waals surface area contributed by atoms with Crippen molar-refractivity contribution >= 4 is 23.3 Å². The lowest BCUT2D eigenvalue weighted by atomic mass is 9.92. The number of hydrogen-bond donors (Lipinski definition) is 1. The molecule has 1 N–H and O–H groups in total. The van der Waals surface area contributed by atoms with Gasteiger partial charge in [0.1, 0.15) is 12.1 Å². The SMILES string of the molecule is C[C@]1(c2ccccc2)NC(=O)N(Cc2nc(-c3ccsc3)no2)C1=O. The van der Waals surface area contributed by atoms with Crippen molar-refractivity contribution in [1.82, 2.24) is 20.4 Å². The molecule has 0 aliphatic carbocycles. The number of carbonyl (C=O) groups is 2. The van der Waals surface area contributed by atoms with Gasteiger partial charge in [0.25, 0.3) is 5.91 Å². The number of imide groups is 1. The van der Waals surface area contributed by atoms with E-state index in [2.05, 4.69) is 15.5 Å². The van der Waals surface area contributed by atoms with E-state index in [1.165, 1.54) is 11.3 Å². The molecule has 4 rings (SSSR count). The Morgan fingerprint density at radius 1 is 1.24 bits per heavy atom. The molecule has 1 atom stereocenters. The average molecular weight is 354 g/mol. The summed E-state index contributed by atoms with van der Waals surface area (Å²) in [5.74, 6) is 0.301. The fraction of sp³-hybridized carbons (Fsp3) is 0.176. The average Bonchev–Trinajstić information content (AvgIpc) is 3.34. The second kappa shape index (κ2) is 5.82. The first kappa shape index (κ1) is 15.5. The zero-order valence-corrected chi connectivity index (χ0v) is 14.1. The minimum atomic E-state index is -1.10. The van der Waals surface area contributed by atoms with E-state index in [0.29, 0.717) is 5.82 Å². The van der Waals surface area contributed by atoms with Gasteiger partial charge in [-0.05, 0) is 23.9 Å². The zero-order chi connectivity index (χ0) is 17.4. The van der Waals surface area contributed by atoms with Crippen molar-refractivity contribution in [2.75, 3.05) is 0 Å². The van der Waals surface area contributed by atoms with Crippen molar-refractivity contribution < 1.29 is 14.1 Å². The first-order valence-electron chi connectivity index (χ1n) is 7.63. The summed E-state index contributed by atoms with van der Waals surface area (Å²) in [6.07, 6.45) is 0. The topological polar surface area (TPSA) is 88.3 Å². The molecule has 1 saturated heterocycles. The predicted octanol–water partition coefficient (Wildman–Crippen LogP) is 2.77. The highest BCUT2D eigenvalue weighted by molar-refractivity contribution is 7.08. The molecule has 1 aliphatic rings. The van der Waals surface area contributed by atoms with Crippen LogP contribution < -0.4 is 5.32 Å². The molecule has 0 radical (unpaired) electrons. The van der Waals surface area contributed by atoms with Crippen LogP contribution in [0.1, 0.15) is 18.4 Å². The number of nitrogens with one attached hydrogen (secondary N) is 1. The summed E-state index contributed by atoms with van der Waals surface area (Å²) in [6.45, 7) is 1.62. The van der Waals surface area contributed by atoms with Crippen LogP contribution in [-0.4, -0.2) is 27.0 Å². The third-order valence-corrected chi connectivity index (χ3v) is 4.85. The molecule has 0 saturated carbocycles. The van der Waals surface area contributed by atoms with Crippen molar-refractivity contribution in [2.45, 2.75) is 19.0 Å². The summed E-state index contributed by atoms with van der Waals surface area (Å²) in [4.78, 5) is 30.5. The number of amides is 3. The Labute approximate surface area is 147 Å². The van der Waals surface area contributed by atoms with Gasteiger partial charge in [0, 0.05) is 10.9 Å². The van der Waals surface area contributed by atoms with E-state index >= 15 is 0 Å². The number of thiophene rings is 1. The summed E-state index contributed by atoms with van der Waals surface area (Å²) >= 11 is 1.52. The van der Waals surface area contributed by atoms with Crippen LogP contribution in [0.25, 0.3) is 11.4 Å². The van der Waals surface area contributed by atoms with Gasteiger partial charge in [-0.3, -0.25) is 9.69 Å². The van der Waals surface area contributed by atoms with Crippen molar-refractivity contribution in [1.29, 1.82) is 0 Å². The third-order valence-electron chi connectivity index (χ3n) is 4.17. The highest BCUT2D eigenvalue weighted by Crippen LogP contribution is 2.29. The predicted molar refractivity (Wildman–Crippen MR) is 90.5 cm³/mol. The first-order chi connectivity index (χ1) is 12.1. The van der Waals surface area contributed by atoms with Crippen molar-refractivity contribution in [3.05, 3.63) is 58.6 Å². The number of aromatic nitrogens is 2. The van der Waals surface area contributed by atoms with Crippen molar-refractivity contribution in [2.24, 2.45) is 0 Å². The number of rotatable bonds is 4. The molecule has 1 aliphatic heterocycles. The Kier molecular flexibility index (Phi) is 3.61. The summed E-state index contributed by atoms with van der Waals surface area (Å²) in [5.41, 5.74) is 0.459. The molecule has 0 unspecified atom stereocenters. The van der Waals surface area contributed by atoms with Gasteiger partial charge in [-0.25, -0.2) is 4.79 Å². The van der Waals surface area contributed by atoms with Crippen LogP contribution >= 0.6 is 11.3 Å². The normalized spacial score (nSPS) is 20.1. The van der Waals surface area contributed by atoms with E-state index in [1.807, 2.05) is 47.2 Å². The second-order valence-corrected chi connectivity index (χ2v) is 6.62. The highest BCUT2D eigenvalue weighted by Gasteiger charge is 2.49. The summed E-state index contributed by atoms with van der Waals surface area (Å²) in [7, 11) is 0. The van der Waals surface area contributed by atoms with Gasteiger partial charge in [0.2, 0.25) is 11.7 Å². The third kappa shape index (κ3) is 2.60. The van der Waals surface area contributed by atoms with Gasteiger partial charge in [0.15, 0.2) is 0 Å². The van der Waals surface area contributed by atoms with Crippen molar-refractivity contribution in [3.63, 3.8) is 0 Å². The lowest BCUT2D eigenvalue weighted by Crippen LogP contribution is -2.40. The van der Waals surface area contributed by atoms with Crippen molar-refractivity contribution in [3.8, 4) is 11.4 Å². The maximum Gasteiger partial charge on any atom is 0.325 e. The van der Waals surface area contributed by atoms with Crippen LogP contribution in [0.15, 0.2) is 51.7 Å². The number of nitrogens with zero attached hydrogens (tertiary/aromatic N) is 3. The number of hydrogen-bond acceptors (Lipinski definition) is 6. The molecule has 7 nitrogen and oxygen atoms in total. The summed E-state index contributed by atoms with van der Waals surface area (Å²) in [6, 6.07) is 10.5. The summed E-state index contributed by atoms with van der Waals surface area (Å²) in [5, 5.41) is 10.5. The van der Waals surface area contributed by atoms with Crippen LogP contribution in [-0.2, 0) is 16.9 Å². The number of benzene rings is 1.